The van der Waals surface area contributed by atoms with Crippen LogP contribution in [0.25, 0.3) is 0 Å². The lowest BCUT2D eigenvalue weighted by atomic mass is 10.2. The summed E-state index contributed by atoms with van der Waals surface area (Å²) in [6.07, 6.45) is 0. The zero-order valence-corrected chi connectivity index (χ0v) is 10.7. The van der Waals surface area contributed by atoms with Gasteiger partial charge in [-0.1, -0.05) is 15.9 Å². The molecule has 1 aromatic carbocycles. The van der Waals surface area contributed by atoms with E-state index in [-0.39, 0.29) is 11.3 Å². The van der Waals surface area contributed by atoms with Crippen LogP contribution in [0, 0.1) is 5.82 Å². The summed E-state index contributed by atoms with van der Waals surface area (Å²) in [4.78, 5) is 11.6. The van der Waals surface area contributed by atoms with Crippen LogP contribution < -0.4 is 5.32 Å². The molecule has 0 saturated carbocycles. The van der Waals surface area contributed by atoms with Gasteiger partial charge in [-0.05, 0) is 12.1 Å². The number of nitrogens with one attached hydrogen (secondary N) is 1. The number of hydrogen-bond acceptors (Lipinski definition) is 3. The summed E-state index contributed by atoms with van der Waals surface area (Å²) in [5, 5.41) is 12.7. The number of phenols is 1. The number of carbonyl (C=O) groups excluding carboxylic acids is 1. The molecule has 0 spiro atoms. The Morgan fingerprint density at radius 2 is 2.24 bits per heavy atom. The van der Waals surface area contributed by atoms with Crippen LogP contribution >= 0.6 is 15.9 Å². The van der Waals surface area contributed by atoms with Crippen LogP contribution in [-0.4, -0.2) is 36.1 Å². The molecule has 17 heavy (non-hydrogen) atoms. The summed E-state index contributed by atoms with van der Waals surface area (Å²) >= 11 is 3.20. The molecule has 0 aliphatic carbocycles. The van der Waals surface area contributed by atoms with Crippen molar-refractivity contribution in [3.05, 3.63) is 29.6 Å². The van der Waals surface area contributed by atoms with Gasteiger partial charge in [-0.2, -0.15) is 0 Å². The van der Waals surface area contributed by atoms with Gasteiger partial charge < -0.3 is 15.2 Å². The number of amides is 1. The van der Waals surface area contributed by atoms with Crippen LogP contribution in [0.2, 0.25) is 0 Å². The Bertz CT molecular complexity index is 387. The molecule has 0 fully saturated rings. The van der Waals surface area contributed by atoms with Gasteiger partial charge in [0.1, 0.15) is 11.6 Å². The lowest BCUT2D eigenvalue weighted by Crippen LogP contribution is -2.27. The Labute approximate surface area is 107 Å². The maximum atomic E-state index is 12.7. The van der Waals surface area contributed by atoms with Crippen LogP contribution in [0.3, 0.4) is 0 Å². The molecule has 0 radical (unpaired) electrons. The molecule has 4 nitrogen and oxygen atoms in total. The summed E-state index contributed by atoms with van der Waals surface area (Å²) in [6.45, 7) is 1.29. The number of carbonyl (C=O) groups is 1. The molecule has 1 amide bonds. The van der Waals surface area contributed by atoms with E-state index in [4.69, 9.17) is 4.74 Å². The zero-order valence-electron chi connectivity index (χ0n) is 9.08. The molecule has 0 unspecified atom stereocenters. The van der Waals surface area contributed by atoms with Gasteiger partial charge in [-0.25, -0.2) is 4.39 Å². The third-order valence-electron chi connectivity index (χ3n) is 1.96. The lowest BCUT2D eigenvalue weighted by Gasteiger charge is -2.07. The molecular formula is C11H13BrFNO3. The van der Waals surface area contributed by atoms with Gasteiger partial charge in [0.15, 0.2) is 0 Å². The molecule has 0 aliphatic heterocycles. The number of halogens is 2. The molecule has 2 N–H and O–H groups in total. The minimum absolute atomic E-state index is 0.0480. The van der Waals surface area contributed by atoms with Crippen molar-refractivity contribution < 1.29 is 19.0 Å². The van der Waals surface area contributed by atoms with E-state index in [1.54, 1.807) is 0 Å². The first-order valence-corrected chi connectivity index (χ1v) is 6.17. The van der Waals surface area contributed by atoms with Crippen LogP contribution in [-0.2, 0) is 4.74 Å². The predicted octanol–water partition coefficient (Wildman–Crippen LogP) is 1.67. The molecule has 0 heterocycles. The summed E-state index contributed by atoms with van der Waals surface area (Å²) in [5.74, 6) is -1.41. The van der Waals surface area contributed by atoms with Gasteiger partial charge in [0.2, 0.25) is 0 Å². The summed E-state index contributed by atoms with van der Waals surface area (Å²) in [7, 11) is 0. The van der Waals surface area contributed by atoms with E-state index in [1.807, 2.05) is 0 Å². The van der Waals surface area contributed by atoms with Crippen LogP contribution in [0.1, 0.15) is 10.4 Å². The number of phenolic OH excluding ortho intramolecular Hbond substituents is 1. The van der Waals surface area contributed by atoms with Gasteiger partial charge >= 0.3 is 0 Å². The summed E-state index contributed by atoms with van der Waals surface area (Å²) in [5.41, 5.74) is 0.0480. The van der Waals surface area contributed by atoms with Crippen molar-refractivity contribution in [2.45, 2.75) is 0 Å². The van der Waals surface area contributed by atoms with Gasteiger partial charge in [0.25, 0.3) is 5.91 Å². The maximum absolute atomic E-state index is 12.7. The molecule has 0 bridgehead atoms. The molecule has 0 aromatic heterocycles. The maximum Gasteiger partial charge on any atom is 0.255 e. The first kappa shape index (κ1) is 13.9. The summed E-state index contributed by atoms with van der Waals surface area (Å²) < 4.78 is 17.8. The zero-order chi connectivity index (χ0) is 12.7. The van der Waals surface area contributed by atoms with Crippen LogP contribution in [0.15, 0.2) is 18.2 Å². The summed E-state index contributed by atoms with van der Waals surface area (Å²) in [6, 6.07) is 3.26. The third kappa shape index (κ3) is 4.70. The van der Waals surface area contributed by atoms with Gasteiger partial charge in [-0.15, -0.1) is 0 Å². The third-order valence-corrected chi connectivity index (χ3v) is 2.28. The molecular weight excluding hydrogens is 293 g/mol. The Balaban J connectivity index is 2.42. The SMILES string of the molecule is O=C(NCCOCCBr)c1ccc(F)cc1O. The Hall–Kier alpha value is -1.14. The topological polar surface area (TPSA) is 58.6 Å². The van der Waals surface area contributed by atoms with E-state index >= 15 is 0 Å². The minimum Gasteiger partial charge on any atom is -0.507 e. The average molecular weight is 306 g/mol. The molecule has 0 aliphatic rings. The van der Waals surface area contributed by atoms with Gasteiger partial charge in [-0.3, -0.25) is 4.79 Å². The van der Waals surface area contributed by atoms with E-state index in [2.05, 4.69) is 21.2 Å². The molecule has 1 rings (SSSR count). The highest BCUT2D eigenvalue weighted by Crippen LogP contribution is 2.17. The normalized spacial score (nSPS) is 10.2. The second-order valence-electron chi connectivity index (χ2n) is 3.22. The van der Waals surface area contributed by atoms with Crippen molar-refractivity contribution in [1.29, 1.82) is 0 Å². The van der Waals surface area contributed by atoms with Gasteiger partial charge in [0, 0.05) is 17.9 Å². The van der Waals surface area contributed by atoms with Crippen molar-refractivity contribution in [3.63, 3.8) is 0 Å². The smallest absolute Gasteiger partial charge is 0.255 e. The van der Waals surface area contributed by atoms with Crippen molar-refractivity contribution in [2.24, 2.45) is 0 Å². The van der Waals surface area contributed by atoms with Crippen molar-refractivity contribution >= 4 is 21.8 Å². The van der Waals surface area contributed by atoms with Crippen molar-refractivity contribution in [1.82, 2.24) is 5.32 Å². The average Bonchev–Trinajstić information content (AvgIpc) is 2.28. The van der Waals surface area contributed by atoms with E-state index in [0.29, 0.717) is 19.8 Å². The quantitative estimate of drug-likeness (QED) is 0.621. The largest absolute Gasteiger partial charge is 0.507 e. The highest BCUT2D eigenvalue weighted by atomic mass is 79.9. The number of rotatable bonds is 6. The molecule has 6 heteroatoms. The fourth-order valence-electron chi connectivity index (χ4n) is 1.19. The predicted molar refractivity (Wildman–Crippen MR) is 65.0 cm³/mol. The minimum atomic E-state index is -0.584. The highest BCUT2D eigenvalue weighted by Gasteiger charge is 2.10. The molecule has 94 valence electrons. The second kappa shape index (κ2) is 7.24. The van der Waals surface area contributed by atoms with Crippen molar-refractivity contribution in [2.75, 3.05) is 25.1 Å². The number of benzene rings is 1. The van der Waals surface area contributed by atoms with E-state index in [0.717, 1.165) is 17.5 Å². The monoisotopic (exact) mass is 305 g/mol. The number of aromatic hydroxyl groups is 1. The van der Waals surface area contributed by atoms with Crippen LogP contribution in [0.5, 0.6) is 5.75 Å². The number of alkyl halides is 1. The molecule has 0 atom stereocenters. The fourth-order valence-corrected chi connectivity index (χ4v) is 1.41. The fraction of sp³-hybridized carbons (Fsp3) is 0.364. The van der Waals surface area contributed by atoms with Crippen LogP contribution in [0.4, 0.5) is 4.39 Å². The second-order valence-corrected chi connectivity index (χ2v) is 4.01. The highest BCUT2D eigenvalue weighted by molar-refractivity contribution is 9.09. The Morgan fingerprint density at radius 3 is 2.88 bits per heavy atom. The molecule has 0 saturated heterocycles. The van der Waals surface area contributed by atoms with E-state index < -0.39 is 11.7 Å². The van der Waals surface area contributed by atoms with Crippen molar-refractivity contribution in [3.8, 4) is 5.75 Å². The number of ether oxygens (including phenoxy) is 1. The lowest BCUT2D eigenvalue weighted by molar-refractivity contribution is 0.0921. The first-order valence-electron chi connectivity index (χ1n) is 5.05. The Kier molecular flexibility index (Phi) is 5.93. The first-order chi connectivity index (χ1) is 8.15. The molecule has 1 aromatic rings. The van der Waals surface area contributed by atoms with Gasteiger partial charge in [0.05, 0.1) is 18.8 Å². The number of hydrogen-bond donors (Lipinski definition) is 2. The Morgan fingerprint density at radius 1 is 1.47 bits per heavy atom. The van der Waals surface area contributed by atoms with E-state index in [1.165, 1.54) is 6.07 Å². The van der Waals surface area contributed by atoms with E-state index in [9.17, 15) is 14.3 Å². The standard InChI is InChI=1S/C11H13BrFNO3/c12-3-5-17-6-4-14-11(16)9-2-1-8(13)7-10(9)15/h1-2,7,15H,3-6H2,(H,14,16).